The Hall–Kier alpha value is -1.92. The first-order chi connectivity index (χ1) is 11.1. The number of benzene rings is 1. The SMILES string of the molecule is CCSc1ncc(CN(C)Cc2cc3cc(F)ccc3[nH]2)cn1. The van der Waals surface area contributed by atoms with Crippen molar-refractivity contribution in [2.75, 3.05) is 12.8 Å². The van der Waals surface area contributed by atoms with E-state index in [9.17, 15) is 4.39 Å². The highest BCUT2D eigenvalue weighted by Gasteiger charge is 2.07. The molecule has 0 aliphatic heterocycles. The van der Waals surface area contributed by atoms with E-state index >= 15 is 0 Å². The fraction of sp³-hybridized carbons (Fsp3) is 0.294. The van der Waals surface area contributed by atoms with E-state index in [-0.39, 0.29) is 5.82 Å². The van der Waals surface area contributed by atoms with Crippen LogP contribution in [0, 0.1) is 5.82 Å². The van der Waals surface area contributed by atoms with Gasteiger partial charge in [-0.05, 0) is 37.1 Å². The van der Waals surface area contributed by atoms with Crippen molar-refractivity contribution in [1.82, 2.24) is 19.9 Å². The van der Waals surface area contributed by atoms with E-state index in [0.717, 1.165) is 46.2 Å². The van der Waals surface area contributed by atoms with Gasteiger partial charge in [-0.3, -0.25) is 4.90 Å². The Morgan fingerprint density at radius 1 is 1.17 bits per heavy atom. The summed E-state index contributed by atoms with van der Waals surface area (Å²) in [7, 11) is 2.04. The normalized spacial score (nSPS) is 11.5. The third-order valence-electron chi connectivity index (χ3n) is 3.49. The Morgan fingerprint density at radius 3 is 2.70 bits per heavy atom. The highest BCUT2D eigenvalue weighted by atomic mass is 32.2. The molecule has 3 aromatic rings. The predicted molar refractivity (Wildman–Crippen MR) is 91.9 cm³/mol. The Kier molecular flexibility index (Phi) is 4.93. The van der Waals surface area contributed by atoms with Crippen LogP contribution in [0.3, 0.4) is 0 Å². The van der Waals surface area contributed by atoms with E-state index in [1.165, 1.54) is 6.07 Å². The van der Waals surface area contributed by atoms with Crippen LogP contribution < -0.4 is 0 Å². The molecule has 0 saturated carbocycles. The van der Waals surface area contributed by atoms with Gasteiger partial charge in [0.2, 0.25) is 0 Å². The van der Waals surface area contributed by atoms with Crippen LogP contribution in [-0.4, -0.2) is 32.7 Å². The van der Waals surface area contributed by atoms with Crippen LogP contribution >= 0.6 is 11.8 Å². The number of H-pyrrole nitrogens is 1. The third-order valence-corrected chi connectivity index (χ3v) is 4.24. The summed E-state index contributed by atoms with van der Waals surface area (Å²) >= 11 is 1.64. The number of rotatable bonds is 6. The molecule has 2 aromatic heterocycles. The second-order valence-electron chi connectivity index (χ2n) is 5.51. The molecular weight excluding hydrogens is 311 g/mol. The molecule has 2 heterocycles. The summed E-state index contributed by atoms with van der Waals surface area (Å²) in [6.07, 6.45) is 3.75. The predicted octanol–water partition coefficient (Wildman–Crippen LogP) is 3.84. The summed E-state index contributed by atoms with van der Waals surface area (Å²) in [6.45, 7) is 3.60. The summed E-state index contributed by atoms with van der Waals surface area (Å²) in [5.74, 6) is 0.763. The van der Waals surface area contributed by atoms with Crippen LogP contribution in [0.1, 0.15) is 18.2 Å². The molecule has 0 fully saturated rings. The maximum absolute atomic E-state index is 13.2. The lowest BCUT2D eigenvalue weighted by atomic mass is 10.2. The topological polar surface area (TPSA) is 44.8 Å². The van der Waals surface area contributed by atoms with Gasteiger partial charge < -0.3 is 4.98 Å². The molecule has 4 nitrogen and oxygen atoms in total. The van der Waals surface area contributed by atoms with E-state index < -0.39 is 0 Å². The third kappa shape index (κ3) is 4.09. The number of hydrogen-bond acceptors (Lipinski definition) is 4. The molecule has 1 N–H and O–H groups in total. The van der Waals surface area contributed by atoms with E-state index in [1.54, 1.807) is 23.9 Å². The first-order valence-corrected chi connectivity index (χ1v) is 8.52. The zero-order valence-electron chi connectivity index (χ0n) is 13.2. The smallest absolute Gasteiger partial charge is 0.187 e. The minimum atomic E-state index is -0.210. The largest absolute Gasteiger partial charge is 0.357 e. The van der Waals surface area contributed by atoms with Crippen molar-refractivity contribution in [2.45, 2.75) is 25.2 Å². The number of hydrogen-bond donors (Lipinski definition) is 1. The van der Waals surface area contributed by atoms with Gasteiger partial charge in [-0.15, -0.1) is 0 Å². The molecule has 0 atom stereocenters. The zero-order chi connectivity index (χ0) is 16.2. The number of nitrogens with zero attached hydrogens (tertiary/aromatic N) is 3. The average molecular weight is 330 g/mol. The van der Waals surface area contributed by atoms with Crippen molar-refractivity contribution < 1.29 is 4.39 Å². The quantitative estimate of drug-likeness (QED) is 0.551. The molecule has 0 amide bonds. The molecule has 0 aliphatic rings. The van der Waals surface area contributed by atoms with Crippen molar-refractivity contribution in [3.8, 4) is 0 Å². The highest BCUT2D eigenvalue weighted by molar-refractivity contribution is 7.99. The number of nitrogens with one attached hydrogen (secondary N) is 1. The minimum Gasteiger partial charge on any atom is -0.357 e. The van der Waals surface area contributed by atoms with E-state index in [1.807, 2.05) is 25.5 Å². The molecule has 0 spiro atoms. The fourth-order valence-corrected chi connectivity index (χ4v) is 3.05. The molecule has 23 heavy (non-hydrogen) atoms. The van der Waals surface area contributed by atoms with E-state index in [4.69, 9.17) is 0 Å². The van der Waals surface area contributed by atoms with Gasteiger partial charge in [-0.1, -0.05) is 18.7 Å². The molecule has 0 unspecified atom stereocenters. The Morgan fingerprint density at radius 2 is 1.96 bits per heavy atom. The summed E-state index contributed by atoms with van der Waals surface area (Å²) < 4.78 is 13.2. The zero-order valence-corrected chi connectivity index (χ0v) is 14.0. The van der Waals surface area contributed by atoms with Gasteiger partial charge in [0.15, 0.2) is 5.16 Å². The molecule has 0 aliphatic carbocycles. The number of halogens is 1. The second-order valence-corrected chi connectivity index (χ2v) is 6.74. The number of fused-ring (bicyclic) bond motifs is 1. The lowest BCUT2D eigenvalue weighted by Gasteiger charge is -2.15. The van der Waals surface area contributed by atoms with Gasteiger partial charge >= 0.3 is 0 Å². The van der Waals surface area contributed by atoms with Crippen molar-refractivity contribution >= 4 is 22.7 Å². The minimum absolute atomic E-state index is 0.210. The van der Waals surface area contributed by atoms with Gasteiger partial charge in [0, 0.05) is 47.6 Å². The first kappa shape index (κ1) is 16.0. The lowest BCUT2D eigenvalue weighted by Crippen LogP contribution is -2.17. The van der Waals surface area contributed by atoms with Crippen molar-refractivity contribution in [3.05, 3.63) is 53.7 Å². The highest BCUT2D eigenvalue weighted by Crippen LogP contribution is 2.18. The number of aromatic nitrogens is 3. The monoisotopic (exact) mass is 330 g/mol. The van der Waals surface area contributed by atoms with Crippen molar-refractivity contribution in [1.29, 1.82) is 0 Å². The van der Waals surface area contributed by atoms with Crippen LogP contribution in [0.4, 0.5) is 4.39 Å². The van der Waals surface area contributed by atoms with Crippen LogP contribution in [0.5, 0.6) is 0 Å². The summed E-state index contributed by atoms with van der Waals surface area (Å²) in [5, 5.41) is 1.72. The standard InChI is InChI=1S/C17H19FN4S/c1-3-23-17-19-8-12(9-20-17)10-22(2)11-15-7-13-6-14(18)4-5-16(13)21-15/h4-9,21H,3,10-11H2,1-2H3. The van der Waals surface area contributed by atoms with Crippen LogP contribution in [0.25, 0.3) is 10.9 Å². The lowest BCUT2D eigenvalue weighted by molar-refractivity contribution is 0.315. The van der Waals surface area contributed by atoms with E-state index in [2.05, 4.69) is 26.8 Å². The maximum atomic E-state index is 13.2. The number of thioether (sulfide) groups is 1. The molecule has 0 saturated heterocycles. The Labute approximate surface area is 139 Å². The van der Waals surface area contributed by atoms with Gasteiger partial charge in [-0.25, -0.2) is 14.4 Å². The fourth-order valence-electron chi connectivity index (χ4n) is 2.54. The van der Waals surface area contributed by atoms with E-state index in [0.29, 0.717) is 0 Å². The molecule has 0 bridgehead atoms. The summed E-state index contributed by atoms with van der Waals surface area (Å²) in [6, 6.07) is 6.78. The average Bonchev–Trinajstić information content (AvgIpc) is 2.90. The number of aromatic amines is 1. The summed E-state index contributed by atoms with van der Waals surface area (Å²) in [4.78, 5) is 14.2. The molecular formula is C17H19FN4S. The molecule has 0 radical (unpaired) electrons. The first-order valence-electron chi connectivity index (χ1n) is 7.53. The molecule has 6 heteroatoms. The van der Waals surface area contributed by atoms with Crippen molar-refractivity contribution in [2.24, 2.45) is 0 Å². The van der Waals surface area contributed by atoms with Gasteiger partial charge in [0.25, 0.3) is 0 Å². The molecule has 120 valence electrons. The summed E-state index contributed by atoms with van der Waals surface area (Å²) in [5.41, 5.74) is 3.10. The second kappa shape index (κ2) is 7.10. The molecule has 1 aromatic carbocycles. The maximum Gasteiger partial charge on any atom is 0.187 e. The molecule has 3 rings (SSSR count). The Balaban J connectivity index is 1.64. The van der Waals surface area contributed by atoms with Gasteiger partial charge in [0.1, 0.15) is 5.82 Å². The van der Waals surface area contributed by atoms with Crippen molar-refractivity contribution in [3.63, 3.8) is 0 Å². The van der Waals surface area contributed by atoms with Crippen LogP contribution in [-0.2, 0) is 13.1 Å². The van der Waals surface area contributed by atoms with Gasteiger partial charge in [0.05, 0.1) is 0 Å². The van der Waals surface area contributed by atoms with Gasteiger partial charge in [-0.2, -0.15) is 0 Å². The van der Waals surface area contributed by atoms with Crippen LogP contribution in [0.2, 0.25) is 0 Å². The Bertz CT molecular complexity index is 785. The van der Waals surface area contributed by atoms with Crippen LogP contribution in [0.15, 0.2) is 41.8 Å².